The Morgan fingerprint density at radius 1 is 1.09 bits per heavy atom. The first kappa shape index (κ1) is 20.5. The monoisotopic (exact) mass is 434 g/mol. The van der Waals surface area contributed by atoms with E-state index >= 15 is 0 Å². The molecule has 5 rings (SSSR count). The molecule has 166 valence electrons. The van der Waals surface area contributed by atoms with Gasteiger partial charge in [-0.2, -0.15) is 0 Å². The molecule has 0 bridgehead atoms. The highest BCUT2D eigenvalue weighted by molar-refractivity contribution is 5.84. The highest BCUT2D eigenvalue weighted by Crippen LogP contribution is 2.30. The van der Waals surface area contributed by atoms with Gasteiger partial charge < -0.3 is 20.1 Å². The Hall–Kier alpha value is -3.43. The smallest absolute Gasteiger partial charge is 0.407 e. The van der Waals surface area contributed by atoms with Crippen molar-refractivity contribution < 1.29 is 15.0 Å². The molecule has 0 radical (unpaired) electrons. The zero-order valence-electron chi connectivity index (χ0n) is 18.1. The number of amides is 1. The number of aromatic nitrogens is 4. The summed E-state index contributed by atoms with van der Waals surface area (Å²) in [6, 6.07) is 9.80. The van der Waals surface area contributed by atoms with E-state index in [1.807, 2.05) is 42.7 Å². The minimum absolute atomic E-state index is 0.491. The number of benzene rings is 1. The molecule has 1 fully saturated rings. The van der Waals surface area contributed by atoms with Gasteiger partial charge in [0.2, 0.25) is 0 Å². The Kier molecular flexibility index (Phi) is 4.87. The summed E-state index contributed by atoms with van der Waals surface area (Å²) in [6.45, 7) is 6.46. The van der Waals surface area contributed by atoms with E-state index in [1.54, 1.807) is 13.8 Å². The second kappa shape index (κ2) is 7.61. The average Bonchev–Trinajstić information content (AvgIpc) is 3.38. The van der Waals surface area contributed by atoms with Crippen LogP contribution in [0.4, 0.5) is 4.79 Å². The SMILES string of the molecule is CC(C)(O)c1ccc(-c2nc(CN3CCN(C(=O)O)CC3)n3c2cnc2[nH]ccc23)cc1. The van der Waals surface area contributed by atoms with Gasteiger partial charge in [-0.15, -0.1) is 0 Å². The Morgan fingerprint density at radius 2 is 1.81 bits per heavy atom. The molecule has 1 saturated heterocycles. The van der Waals surface area contributed by atoms with Crippen LogP contribution in [0.15, 0.2) is 42.7 Å². The van der Waals surface area contributed by atoms with E-state index in [2.05, 4.69) is 19.3 Å². The van der Waals surface area contributed by atoms with Crippen LogP contribution in [0.3, 0.4) is 0 Å². The molecule has 4 aromatic rings. The minimum Gasteiger partial charge on any atom is -0.465 e. The summed E-state index contributed by atoms with van der Waals surface area (Å²) in [5.41, 5.74) is 4.37. The second-order valence-corrected chi connectivity index (χ2v) is 8.75. The Morgan fingerprint density at radius 3 is 2.47 bits per heavy atom. The zero-order valence-corrected chi connectivity index (χ0v) is 18.1. The van der Waals surface area contributed by atoms with Gasteiger partial charge in [-0.1, -0.05) is 24.3 Å². The fourth-order valence-corrected chi connectivity index (χ4v) is 4.28. The molecule has 4 heterocycles. The van der Waals surface area contributed by atoms with Crippen LogP contribution >= 0.6 is 0 Å². The lowest BCUT2D eigenvalue weighted by Crippen LogP contribution is -2.47. The van der Waals surface area contributed by atoms with Crippen molar-refractivity contribution in [2.45, 2.75) is 26.0 Å². The number of hydrogen-bond donors (Lipinski definition) is 3. The van der Waals surface area contributed by atoms with Crippen molar-refractivity contribution in [2.75, 3.05) is 26.2 Å². The van der Waals surface area contributed by atoms with Crippen LogP contribution in [0, 0.1) is 0 Å². The van der Waals surface area contributed by atoms with Crippen molar-refractivity contribution in [1.82, 2.24) is 29.2 Å². The number of nitrogens with zero attached hydrogens (tertiary/aromatic N) is 5. The van der Waals surface area contributed by atoms with Gasteiger partial charge >= 0.3 is 6.09 Å². The molecule has 0 saturated carbocycles. The fraction of sp³-hybridized carbons (Fsp3) is 0.348. The summed E-state index contributed by atoms with van der Waals surface area (Å²) >= 11 is 0. The van der Waals surface area contributed by atoms with Crippen molar-refractivity contribution in [3.8, 4) is 11.3 Å². The second-order valence-electron chi connectivity index (χ2n) is 8.75. The Bertz CT molecular complexity index is 1280. The Labute approximate surface area is 184 Å². The third-order valence-corrected chi connectivity index (χ3v) is 6.12. The van der Waals surface area contributed by atoms with Crippen LogP contribution in [0.1, 0.15) is 25.2 Å². The molecular formula is C23H26N6O3. The first-order chi connectivity index (χ1) is 15.3. The molecule has 9 heteroatoms. The number of nitrogens with one attached hydrogen (secondary N) is 1. The minimum atomic E-state index is -0.906. The van der Waals surface area contributed by atoms with Crippen molar-refractivity contribution in [1.29, 1.82) is 0 Å². The molecule has 9 nitrogen and oxygen atoms in total. The molecule has 3 aromatic heterocycles. The topological polar surface area (TPSA) is 110 Å². The number of piperazine rings is 1. The number of rotatable bonds is 4. The number of fused-ring (bicyclic) bond motifs is 3. The zero-order chi connectivity index (χ0) is 22.5. The van der Waals surface area contributed by atoms with E-state index in [0.717, 1.165) is 39.3 Å². The molecule has 1 aliphatic rings. The largest absolute Gasteiger partial charge is 0.465 e. The summed E-state index contributed by atoms with van der Waals surface area (Å²) in [6.07, 6.45) is 2.83. The quantitative estimate of drug-likeness (QED) is 0.456. The lowest BCUT2D eigenvalue weighted by molar-refractivity contribution is 0.0786. The van der Waals surface area contributed by atoms with Crippen molar-refractivity contribution in [3.63, 3.8) is 0 Å². The van der Waals surface area contributed by atoms with Crippen LogP contribution in [0.5, 0.6) is 0 Å². The van der Waals surface area contributed by atoms with Crippen LogP contribution in [0.2, 0.25) is 0 Å². The maximum absolute atomic E-state index is 11.2. The van der Waals surface area contributed by atoms with E-state index < -0.39 is 11.7 Å². The molecular weight excluding hydrogens is 408 g/mol. The maximum atomic E-state index is 11.2. The van der Waals surface area contributed by atoms with Gasteiger partial charge in [0.25, 0.3) is 0 Å². The number of carbonyl (C=O) groups is 1. The van der Waals surface area contributed by atoms with Crippen LogP contribution in [-0.4, -0.2) is 71.6 Å². The number of imidazole rings is 1. The highest BCUT2D eigenvalue weighted by Gasteiger charge is 2.24. The normalized spacial score (nSPS) is 15.7. The molecule has 3 N–H and O–H groups in total. The summed E-state index contributed by atoms with van der Waals surface area (Å²) in [7, 11) is 0. The van der Waals surface area contributed by atoms with Gasteiger partial charge in [-0.3, -0.25) is 9.30 Å². The fourth-order valence-electron chi connectivity index (χ4n) is 4.28. The summed E-state index contributed by atoms with van der Waals surface area (Å²) < 4.78 is 2.13. The molecule has 1 amide bonds. The lowest BCUT2D eigenvalue weighted by Gasteiger charge is -2.32. The van der Waals surface area contributed by atoms with E-state index in [-0.39, 0.29) is 0 Å². The van der Waals surface area contributed by atoms with Gasteiger partial charge in [-0.05, 0) is 25.5 Å². The van der Waals surface area contributed by atoms with Crippen molar-refractivity contribution in [2.24, 2.45) is 0 Å². The van der Waals surface area contributed by atoms with Gasteiger partial charge in [0.1, 0.15) is 5.82 Å². The highest BCUT2D eigenvalue weighted by atomic mass is 16.4. The maximum Gasteiger partial charge on any atom is 0.407 e. The van der Waals surface area contributed by atoms with Crippen LogP contribution < -0.4 is 0 Å². The Balaban J connectivity index is 1.54. The van der Waals surface area contributed by atoms with Gasteiger partial charge in [0.05, 0.1) is 35.1 Å². The van der Waals surface area contributed by atoms with E-state index in [0.29, 0.717) is 32.7 Å². The van der Waals surface area contributed by atoms with Gasteiger partial charge in [0.15, 0.2) is 5.65 Å². The number of H-pyrrole nitrogens is 1. The van der Waals surface area contributed by atoms with E-state index in [9.17, 15) is 15.0 Å². The molecule has 0 spiro atoms. The van der Waals surface area contributed by atoms with E-state index in [1.165, 1.54) is 4.90 Å². The molecule has 1 aliphatic heterocycles. The van der Waals surface area contributed by atoms with Crippen molar-refractivity contribution >= 4 is 22.8 Å². The molecule has 0 unspecified atom stereocenters. The summed E-state index contributed by atoms with van der Waals surface area (Å²) in [5.74, 6) is 0.886. The van der Waals surface area contributed by atoms with Crippen molar-refractivity contribution in [3.05, 3.63) is 54.1 Å². The van der Waals surface area contributed by atoms with Gasteiger partial charge in [-0.25, -0.2) is 14.8 Å². The number of aromatic amines is 1. The molecule has 0 atom stereocenters. The molecule has 1 aromatic carbocycles. The average molecular weight is 435 g/mol. The van der Waals surface area contributed by atoms with Crippen LogP contribution in [0.25, 0.3) is 27.9 Å². The standard InChI is InChI=1S/C23H26N6O3/c1-23(2,32)16-5-3-15(4-6-16)20-18-13-25-21-17(7-8-24-21)29(18)19(26-20)14-27-9-11-28(12-10-27)22(30)31/h3-8,13,24,32H,9-12,14H2,1-2H3,(H,30,31). The predicted molar refractivity (Wildman–Crippen MR) is 120 cm³/mol. The number of hydrogen-bond acceptors (Lipinski definition) is 5. The predicted octanol–water partition coefficient (Wildman–Crippen LogP) is 2.90. The first-order valence-corrected chi connectivity index (χ1v) is 10.7. The number of aliphatic hydroxyl groups is 1. The first-order valence-electron chi connectivity index (χ1n) is 10.7. The van der Waals surface area contributed by atoms with Gasteiger partial charge in [0, 0.05) is 37.9 Å². The number of carboxylic acid groups (broad SMARTS) is 1. The lowest BCUT2D eigenvalue weighted by atomic mass is 9.97. The third-order valence-electron chi connectivity index (χ3n) is 6.12. The molecule has 32 heavy (non-hydrogen) atoms. The summed E-state index contributed by atoms with van der Waals surface area (Å²) in [5, 5.41) is 19.5. The van der Waals surface area contributed by atoms with E-state index in [4.69, 9.17) is 4.98 Å². The third kappa shape index (κ3) is 3.59. The molecule has 0 aliphatic carbocycles. The summed E-state index contributed by atoms with van der Waals surface area (Å²) in [4.78, 5) is 27.6. The van der Waals surface area contributed by atoms with Crippen LogP contribution in [-0.2, 0) is 12.1 Å².